The van der Waals surface area contributed by atoms with Crippen LogP contribution in [0, 0.1) is 0 Å². The Morgan fingerprint density at radius 2 is 1.17 bits per heavy atom. The molecule has 0 amide bonds. The maximum Gasteiger partial charge on any atom is 0.0972 e. The van der Waals surface area contributed by atoms with Crippen LogP contribution in [0.5, 0.6) is 0 Å². The van der Waals surface area contributed by atoms with Crippen LogP contribution in [0.1, 0.15) is 25.0 Å². The van der Waals surface area contributed by atoms with Gasteiger partial charge in [0.15, 0.2) is 0 Å². The molecular weight excluding hydrogens is 631 g/mol. The second-order valence-corrected chi connectivity index (χ2v) is 14.6. The van der Waals surface area contributed by atoms with Gasteiger partial charge in [-0.05, 0) is 80.6 Å². The number of hydrogen-bond acceptors (Lipinski definition) is 2. The third kappa shape index (κ3) is 4.02. The van der Waals surface area contributed by atoms with Crippen LogP contribution in [0.3, 0.4) is 0 Å². The van der Waals surface area contributed by atoms with Crippen molar-refractivity contribution >= 4 is 54.4 Å². The van der Waals surface area contributed by atoms with E-state index in [0.717, 1.165) is 33.1 Å². The van der Waals surface area contributed by atoms with Gasteiger partial charge in [0, 0.05) is 44.4 Å². The highest BCUT2D eigenvalue weighted by Gasteiger charge is 2.39. The zero-order valence-corrected chi connectivity index (χ0v) is 28.9. The molecule has 0 radical (unpaired) electrons. The first-order valence-electron chi connectivity index (χ1n) is 18.0. The first-order valence-corrected chi connectivity index (χ1v) is 18.0. The molecule has 3 heteroatoms. The van der Waals surface area contributed by atoms with Crippen molar-refractivity contribution in [2.75, 3.05) is 0 Å². The lowest BCUT2D eigenvalue weighted by molar-refractivity contribution is 0.664. The van der Waals surface area contributed by atoms with Crippen molar-refractivity contribution in [3.05, 3.63) is 175 Å². The number of benzene rings is 7. The Morgan fingerprint density at radius 3 is 2.02 bits per heavy atom. The summed E-state index contributed by atoms with van der Waals surface area (Å²) in [4.78, 5) is 9.92. The van der Waals surface area contributed by atoms with Gasteiger partial charge in [0.05, 0.1) is 27.8 Å². The quantitative estimate of drug-likeness (QED) is 0.176. The summed E-state index contributed by atoms with van der Waals surface area (Å²) in [7, 11) is 0. The Kier molecular flexibility index (Phi) is 6.01. The highest BCUT2D eigenvalue weighted by Crippen LogP contribution is 2.54. The van der Waals surface area contributed by atoms with E-state index in [2.05, 4.69) is 170 Å². The minimum Gasteiger partial charge on any atom is -0.309 e. The fourth-order valence-electron chi connectivity index (χ4n) is 9.01. The summed E-state index contributed by atoms with van der Waals surface area (Å²) in [5.74, 6) is 0. The predicted molar refractivity (Wildman–Crippen MR) is 217 cm³/mol. The molecule has 1 aliphatic rings. The highest BCUT2D eigenvalue weighted by molar-refractivity contribution is 6.13. The summed E-state index contributed by atoms with van der Waals surface area (Å²) in [6.07, 6.45) is 1.85. The second kappa shape index (κ2) is 10.7. The molecule has 0 aliphatic heterocycles. The average molecular weight is 664 g/mol. The van der Waals surface area contributed by atoms with Crippen LogP contribution in [0.25, 0.3) is 93.6 Å². The molecule has 52 heavy (non-hydrogen) atoms. The number of nitrogens with zero attached hydrogens (tertiary/aromatic N) is 3. The normalized spacial score (nSPS) is 13.3. The molecular formula is C49H33N3. The largest absolute Gasteiger partial charge is 0.309 e. The lowest BCUT2D eigenvalue weighted by Gasteiger charge is -2.24. The summed E-state index contributed by atoms with van der Waals surface area (Å²) >= 11 is 0. The minimum atomic E-state index is -0.220. The number of fused-ring (bicyclic) bond motifs is 11. The fraction of sp³-hybridized carbons (Fsp3) is 0.0612. The van der Waals surface area contributed by atoms with E-state index < -0.39 is 0 Å². The van der Waals surface area contributed by atoms with Crippen molar-refractivity contribution in [1.29, 1.82) is 0 Å². The van der Waals surface area contributed by atoms with Gasteiger partial charge in [0.1, 0.15) is 0 Å². The number of rotatable bonds is 3. The average Bonchev–Trinajstić information content (AvgIpc) is 3.65. The topological polar surface area (TPSA) is 30.7 Å². The molecule has 0 atom stereocenters. The van der Waals surface area contributed by atoms with Crippen molar-refractivity contribution in [3.63, 3.8) is 0 Å². The molecule has 0 bridgehead atoms. The Labute approximate surface area is 301 Å². The Balaban J connectivity index is 1.09. The summed E-state index contributed by atoms with van der Waals surface area (Å²) in [6.45, 7) is 4.80. The van der Waals surface area contributed by atoms with E-state index in [9.17, 15) is 0 Å². The first-order chi connectivity index (χ1) is 25.6. The molecule has 244 valence electrons. The van der Waals surface area contributed by atoms with Gasteiger partial charge >= 0.3 is 0 Å². The summed E-state index contributed by atoms with van der Waals surface area (Å²) in [6, 6.07) is 57.4. The number of pyridine rings is 2. The third-order valence-electron chi connectivity index (χ3n) is 11.4. The summed E-state index contributed by atoms with van der Waals surface area (Å²) < 4.78 is 2.48. The summed E-state index contributed by atoms with van der Waals surface area (Å²) in [5, 5.41) is 7.19. The van der Waals surface area contributed by atoms with E-state index in [-0.39, 0.29) is 5.41 Å². The molecule has 0 N–H and O–H groups in total. The van der Waals surface area contributed by atoms with Crippen LogP contribution in [0.2, 0.25) is 0 Å². The molecule has 3 nitrogen and oxygen atoms in total. The van der Waals surface area contributed by atoms with Crippen LogP contribution in [-0.2, 0) is 5.41 Å². The van der Waals surface area contributed by atoms with Crippen molar-refractivity contribution < 1.29 is 0 Å². The number of hydrogen-bond donors (Lipinski definition) is 0. The van der Waals surface area contributed by atoms with E-state index >= 15 is 0 Å². The third-order valence-corrected chi connectivity index (χ3v) is 11.4. The molecule has 0 saturated heterocycles. The molecule has 0 saturated carbocycles. The van der Waals surface area contributed by atoms with E-state index in [1.54, 1.807) is 0 Å². The van der Waals surface area contributed by atoms with Gasteiger partial charge in [-0.15, -0.1) is 0 Å². The van der Waals surface area contributed by atoms with Gasteiger partial charge < -0.3 is 4.57 Å². The van der Waals surface area contributed by atoms with Crippen molar-refractivity contribution in [1.82, 2.24) is 14.5 Å². The van der Waals surface area contributed by atoms with E-state index in [0.29, 0.717) is 0 Å². The lowest BCUT2D eigenvalue weighted by atomic mass is 9.80. The Morgan fingerprint density at radius 1 is 0.500 bits per heavy atom. The van der Waals surface area contributed by atoms with E-state index in [1.807, 2.05) is 12.3 Å². The van der Waals surface area contributed by atoms with E-state index in [4.69, 9.17) is 9.97 Å². The first kappa shape index (κ1) is 29.2. The van der Waals surface area contributed by atoms with Crippen LogP contribution in [0.15, 0.2) is 164 Å². The lowest BCUT2D eigenvalue weighted by Crippen LogP contribution is -2.16. The van der Waals surface area contributed by atoms with Crippen LogP contribution < -0.4 is 0 Å². The minimum absolute atomic E-state index is 0.220. The van der Waals surface area contributed by atoms with Gasteiger partial charge in [0.2, 0.25) is 0 Å². The standard InChI is InChI=1S/C49H33N3/c1-49(2)42-29-32(20-22-37(42)40-25-26-41-39-16-8-9-17-44(39)52(48(41)45(40)49)33-12-4-3-5-13-33)34-23-24-38(36-15-7-6-14-35(34)36)43-27-21-31-19-18-30-11-10-28-50-46(30)47(31)51-43/h3-29H,1-2H3. The molecule has 3 heterocycles. The van der Waals surface area contributed by atoms with Gasteiger partial charge in [-0.1, -0.05) is 135 Å². The monoisotopic (exact) mass is 663 g/mol. The molecule has 0 fully saturated rings. The van der Waals surface area contributed by atoms with Crippen LogP contribution >= 0.6 is 0 Å². The molecule has 0 unspecified atom stereocenters. The SMILES string of the molecule is CC1(C)c2cc(-c3ccc(-c4ccc5ccc6cccnc6c5n4)c4ccccc34)ccc2-c2ccc3c4ccccc4n(-c4ccccc4)c3c21. The van der Waals surface area contributed by atoms with Crippen LogP contribution in [-0.4, -0.2) is 14.5 Å². The van der Waals surface area contributed by atoms with Gasteiger partial charge in [-0.25, -0.2) is 4.98 Å². The molecule has 11 rings (SSSR count). The molecule has 0 spiro atoms. The molecule has 10 aromatic rings. The van der Waals surface area contributed by atoms with Crippen LogP contribution in [0.4, 0.5) is 0 Å². The fourth-order valence-corrected chi connectivity index (χ4v) is 9.01. The maximum absolute atomic E-state index is 5.22. The number of aromatic nitrogens is 3. The highest BCUT2D eigenvalue weighted by atomic mass is 15.0. The van der Waals surface area contributed by atoms with Crippen molar-refractivity contribution in [2.24, 2.45) is 0 Å². The van der Waals surface area contributed by atoms with Gasteiger partial charge in [0.25, 0.3) is 0 Å². The van der Waals surface area contributed by atoms with E-state index in [1.165, 1.54) is 71.6 Å². The molecule has 1 aliphatic carbocycles. The predicted octanol–water partition coefficient (Wildman–Crippen LogP) is 12.7. The van der Waals surface area contributed by atoms with Crippen molar-refractivity contribution in [3.8, 4) is 39.2 Å². The van der Waals surface area contributed by atoms with Gasteiger partial charge in [-0.2, -0.15) is 0 Å². The second-order valence-electron chi connectivity index (χ2n) is 14.6. The molecule has 7 aromatic carbocycles. The van der Waals surface area contributed by atoms with Gasteiger partial charge in [-0.3, -0.25) is 4.98 Å². The summed E-state index contributed by atoms with van der Waals surface area (Å²) in [5.41, 5.74) is 15.3. The molecule has 3 aromatic heterocycles. The zero-order valence-electron chi connectivity index (χ0n) is 28.9. The maximum atomic E-state index is 5.22. The Bertz CT molecular complexity index is 3100. The number of para-hydroxylation sites is 2. The smallest absolute Gasteiger partial charge is 0.0972 e. The van der Waals surface area contributed by atoms with Crippen molar-refractivity contribution in [2.45, 2.75) is 19.3 Å². The zero-order chi connectivity index (χ0) is 34.6. The Hall–Kier alpha value is -6.58.